The Bertz CT molecular complexity index is 254. The van der Waals surface area contributed by atoms with Gasteiger partial charge in [-0.05, 0) is 0 Å². The van der Waals surface area contributed by atoms with Crippen LogP contribution in [0.25, 0.3) is 0 Å². The van der Waals surface area contributed by atoms with Gasteiger partial charge in [-0.15, -0.1) is 11.0 Å². The molecule has 2 N–H and O–H groups in total. The molecule has 0 aliphatic carbocycles. The minimum atomic E-state index is -0.711. The molecule has 2 unspecified atom stereocenters. The van der Waals surface area contributed by atoms with Crippen molar-refractivity contribution in [1.29, 1.82) is 0 Å². The lowest BCUT2D eigenvalue weighted by molar-refractivity contribution is -0.145. The van der Waals surface area contributed by atoms with E-state index >= 15 is 0 Å². The molecule has 0 aromatic rings. The first-order valence-electron chi connectivity index (χ1n) is 3.66. The number of hydrogen-bond donors (Lipinski definition) is 2. The van der Waals surface area contributed by atoms with Crippen LogP contribution < -0.4 is 11.0 Å². The van der Waals surface area contributed by atoms with Gasteiger partial charge in [0.25, 0.3) is 0 Å². The molecule has 76 valence electrons. The number of carbonyl (C=O) groups excluding carboxylic acids is 2. The fourth-order valence-electron chi connectivity index (χ4n) is 0.577. The molecule has 8 nitrogen and oxygen atoms in total. The molecule has 0 saturated carbocycles. The monoisotopic (exact) mass is 202 g/mol. The van der Waals surface area contributed by atoms with E-state index in [4.69, 9.17) is 0 Å². The van der Waals surface area contributed by atoms with Crippen molar-refractivity contribution in [1.82, 2.24) is 11.0 Å². The second-order valence-corrected chi connectivity index (χ2v) is 2.34. The Kier molecular flexibility index (Phi) is 2.41. The number of hydroxylamine groups is 2. The van der Waals surface area contributed by atoms with Gasteiger partial charge in [0.2, 0.25) is 0 Å². The summed E-state index contributed by atoms with van der Waals surface area (Å²) in [5, 5.41) is 0. The summed E-state index contributed by atoms with van der Waals surface area (Å²) in [6, 6.07) is 0. The normalized spacial score (nSPS) is 28.6. The lowest BCUT2D eigenvalue weighted by Crippen LogP contribution is -2.09. The van der Waals surface area contributed by atoms with Crippen LogP contribution in [0.1, 0.15) is 0 Å². The zero-order valence-corrected chi connectivity index (χ0v) is 6.76. The maximum atomic E-state index is 10.8. The summed E-state index contributed by atoms with van der Waals surface area (Å²) in [6.45, 7) is 0. The Hall–Kier alpha value is -1.48. The fraction of sp³-hybridized carbons (Fsp3) is 0.333. The lowest BCUT2D eigenvalue weighted by atomic mass is 10.5. The topological polar surface area (TPSA) is 122 Å². The van der Waals surface area contributed by atoms with Crippen molar-refractivity contribution in [2.45, 2.75) is 12.8 Å². The van der Waals surface area contributed by atoms with Crippen LogP contribution in [0.2, 0.25) is 0 Å². The molecule has 0 radical (unpaired) electrons. The molecule has 2 saturated heterocycles. The molecular weight excluding hydrogens is 196 g/mol. The van der Waals surface area contributed by atoms with Crippen molar-refractivity contribution in [3.8, 4) is 0 Å². The van der Waals surface area contributed by atoms with Crippen molar-refractivity contribution in [3.05, 3.63) is 12.2 Å². The average molecular weight is 202 g/mol. The maximum absolute atomic E-state index is 10.8. The predicted molar refractivity (Wildman–Crippen MR) is 37.3 cm³/mol. The zero-order chi connectivity index (χ0) is 9.97. The van der Waals surface area contributed by atoms with Crippen LogP contribution in [0, 0.1) is 0 Å². The van der Waals surface area contributed by atoms with E-state index in [-0.39, 0.29) is 0 Å². The first-order valence-corrected chi connectivity index (χ1v) is 3.66. The summed E-state index contributed by atoms with van der Waals surface area (Å²) in [4.78, 5) is 30.4. The maximum Gasteiger partial charge on any atom is 0.334 e. The van der Waals surface area contributed by atoms with Gasteiger partial charge in [-0.3, -0.25) is 0 Å². The molecular formula is C6H6N2O6. The largest absolute Gasteiger partial charge is 0.415 e. The van der Waals surface area contributed by atoms with Gasteiger partial charge >= 0.3 is 24.8 Å². The van der Waals surface area contributed by atoms with Crippen molar-refractivity contribution in [3.63, 3.8) is 0 Å². The van der Waals surface area contributed by atoms with Gasteiger partial charge in [0, 0.05) is 12.2 Å². The van der Waals surface area contributed by atoms with Crippen LogP contribution in [0.5, 0.6) is 0 Å². The Balaban J connectivity index is 1.67. The smallest absolute Gasteiger partial charge is 0.334 e. The first kappa shape index (κ1) is 9.09. The second-order valence-electron chi connectivity index (χ2n) is 2.34. The van der Waals surface area contributed by atoms with Gasteiger partial charge < -0.3 is 9.47 Å². The Morgan fingerprint density at radius 1 is 1.00 bits per heavy atom. The molecule has 2 aliphatic heterocycles. The van der Waals surface area contributed by atoms with E-state index in [1.807, 2.05) is 0 Å². The summed E-state index contributed by atoms with van der Waals surface area (Å²) in [6.07, 6.45) is 0.426. The molecule has 2 atom stereocenters. The minimum Gasteiger partial charge on any atom is -0.415 e. The van der Waals surface area contributed by atoms with E-state index in [9.17, 15) is 9.59 Å². The van der Waals surface area contributed by atoms with Crippen molar-refractivity contribution in [2.24, 2.45) is 0 Å². The van der Waals surface area contributed by atoms with E-state index in [0.29, 0.717) is 0 Å². The van der Waals surface area contributed by atoms with Gasteiger partial charge in [-0.2, -0.15) is 0 Å². The summed E-state index contributed by atoms with van der Waals surface area (Å²) >= 11 is 0. The summed E-state index contributed by atoms with van der Waals surface area (Å²) in [5.41, 5.74) is 4.54. The Labute approximate surface area is 77.6 Å². The molecule has 2 fully saturated rings. The van der Waals surface area contributed by atoms with E-state index in [1.165, 1.54) is 0 Å². The highest BCUT2D eigenvalue weighted by molar-refractivity contribution is 5.91. The molecule has 0 aromatic carbocycles. The fourth-order valence-corrected chi connectivity index (χ4v) is 0.577. The molecule has 2 heterocycles. The highest BCUT2D eigenvalue weighted by Crippen LogP contribution is 2.04. The van der Waals surface area contributed by atoms with Gasteiger partial charge in [0.05, 0.1) is 0 Å². The zero-order valence-electron chi connectivity index (χ0n) is 6.76. The standard InChI is InChI=1S/C6H6N2O6/c9-3(11-5-7-13-5)1-2-4(10)12-6-8-14-6/h1-2,5-8H/b2-1+. The summed E-state index contributed by atoms with van der Waals surface area (Å²) < 4.78 is 9.04. The van der Waals surface area contributed by atoms with Crippen LogP contribution in [0.4, 0.5) is 0 Å². The highest BCUT2D eigenvalue weighted by Gasteiger charge is 2.27. The van der Waals surface area contributed by atoms with Crippen molar-refractivity contribution in [2.75, 3.05) is 0 Å². The number of hydrogen-bond acceptors (Lipinski definition) is 8. The molecule has 2 aliphatic rings. The SMILES string of the molecule is O=C(/C=C/C(=O)OC1NO1)OC1NO1. The van der Waals surface area contributed by atoms with Crippen LogP contribution in [0.3, 0.4) is 0 Å². The predicted octanol–water partition coefficient (Wildman–Crippen LogP) is -1.73. The van der Waals surface area contributed by atoms with Crippen LogP contribution in [-0.2, 0) is 28.7 Å². The Morgan fingerprint density at radius 2 is 1.36 bits per heavy atom. The summed E-state index contributed by atoms with van der Waals surface area (Å²) in [7, 11) is 0. The van der Waals surface area contributed by atoms with Crippen LogP contribution in [-0.4, -0.2) is 24.8 Å². The molecule has 14 heavy (non-hydrogen) atoms. The third-order valence-corrected chi connectivity index (χ3v) is 1.23. The van der Waals surface area contributed by atoms with Gasteiger partial charge in [0.15, 0.2) is 0 Å². The molecule has 0 aromatic heterocycles. The molecule has 8 heteroatoms. The van der Waals surface area contributed by atoms with Crippen LogP contribution >= 0.6 is 0 Å². The van der Waals surface area contributed by atoms with E-state index in [2.05, 4.69) is 30.1 Å². The van der Waals surface area contributed by atoms with E-state index in [1.54, 1.807) is 0 Å². The number of rotatable bonds is 4. The minimum absolute atomic E-state index is 0.707. The van der Waals surface area contributed by atoms with Gasteiger partial charge in [-0.1, -0.05) is 0 Å². The first-order chi connectivity index (χ1) is 6.74. The van der Waals surface area contributed by atoms with Crippen molar-refractivity contribution >= 4 is 11.9 Å². The third-order valence-electron chi connectivity index (χ3n) is 1.23. The number of esters is 2. The summed E-state index contributed by atoms with van der Waals surface area (Å²) in [5.74, 6) is -1.41. The van der Waals surface area contributed by atoms with E-state index in [0.717, 1.165) is 12.2 Å². The molecule has 2 rings (SSSR count). The lowest BCUT2D eigenvalue weighted by Gasteiger charge is -1.93. The average Bonchev–Trinajstić information content (AvgIpc) is 2.96. The number of ether oxygens (including phenoxy) is 2. The molecule has 0 spiro atoms. The number of carbonyl (C=O) groups is 2. The van der Waals surface area contributed by atoms with Crippen LogP contribution in [0.15, 0.2) is 12.2 Å². The molecule has 0 amide bonds. The Morgan fingerprint density at radius 3 is 1.64 bits per heavy atom. The second kappa shape index (κ2) is 3.72. The van der Waals surface area contributed by atoms with E-state index < -0.39 is 24.8 Å². The third kappa shape index (κ3) is 3.11. The molecule has 0 bridgehead atoms. The highest BCUT2D eigenvalue weighted by atomic mass is 16.9. The van der Waals surface area contributed by atoms with Crippen molar-refractivity contribution < 1.29 is 28.7 Å². The quantitative estimate of drug-likeness (QED) is 0.313. The van der Waals surface area contributed by atoms with Gasteiger partial charge in [-0.25, -0.2) is 19.3 Å². The van der Waals surface area contributed by atoms with Gasteiger partial charge in [0.1, 0.15) is 0 Å². The number of nitrogens with one attached hydrogen (secondary N) is 2.